The van der Waals surface area contributed by atoms with Gasteiger partial charge in [-0.1, -0.05) is 29.3 Å². The van der Waals surface area contributed by atoms with Crippen molar-refractivity contribution in [3.8, 4) is 0 Å². The van der Waals surface area contributed by atoms with Gasteiger partial charge in [-0.25, -0.2) is 0 Å². The molecular formula is C22H24ClN5O3. The van der Waals surface area contributed by atoms with Crippen LogP contribution in [0.15, 0.2) is 42.5 Å². The zero-order valence-corrected chi connectivity index (χ0v) is 17.9. The summed E-state index contributed by atoms with van der Waals surface area (Å²) < 4.78 is 0. The highest BCUT2D eigenvalue weighted by atomic mass is 35.5. The molecule has 0 bridgehead atoms. The molecule has 2 fully saturated rings. The quantitative estimate of drug-likeness (QED) is 0.499. The molecule has 0 aromatic heterocycles. The molecule has 9 heteroatoms. The van der Waals surface area contributed by atoms with Crippen LogP contribution in [-0.4, -0.2) is 30.2 Å². The Morgan fingerprint density at radius 1 is 1.06 bits per heavy atom. The van der Waals surface area contributed by atoms with Gasteiger partial charge in [-0.15, -0.1) is 0 Å². The van der Waals surface area contributed by atoms with Crippen LogP contribution in [0.5, 0.6) is 0 Å². The van der Waals surface area contributed by atoms with Crippen LogP contribution >= 0.6 is 11.6 Å². The van der Waals surface area contributed by atoms with E-state index in [2.05, 4.69) is 26.6 Å². The number of carbonyl (C=O) groups is 3. The molecule has 3 amide bonds. The maximum atomic E-state index is 13.0. The number of halogens is 1. The number of aryl methyl sites for hydroxylation is 2. The Morgan fingerprint density at radius 2 is 1.81 bits per heavy atom. The highest BCUT2D eigenvalue weighted by molar-refractivity contribution is 6.30. The van der Waals surface area contributed by atoms with Gasteiger partial charge in [-0.3, -0.25) is 19.7 Å². The minimum atomic E-state index is -0.788. The number of nitrogens with one attached hydrogen (secondary N) is 5. The third-order valence-corrected chi connectivity index (χ3v) is 5.83. The predicted octanol–water partition coefficient (Wildman–Crippen LogP) is 2.09. The first-order valence-electron chi connectivity index (χ1n) is 10.1. The van der Waals surface area contributed by atoms with Gasteiger partial charge in [0.05, 0.1) is 18.0 Å². The highest BCUT2D eigenvalue weighted by Crippen LogP contribution is 2.29. The molecule has 2 aromatic rings. The fourth-order valence-electron chi connectivity index (χ4n) is 4.05. The van der Waals surface area contributed by atoms with Crippen molar-refractivity contribution in [2.24, 2.45) is 11.8 Å². The molecule has 0 aliphatic carbocycles. The first-order valence-corrected chi connectivity index (χ1v) is 10.4. The molecule has 0 radical (unpaired) electrons. The van der Waals surface area contributed by atoms with Gasteiger partial charge in [0, 0.05) is 22.8 Å². The molecule has 2 heterocycles. The van der Waals surface area contributed by atoms with Crippen molar-refractivity contribution >= 4 is 40.7 Å². The van der Waals surface area contributed by atoms with Crippen molar-refractivity contribution in [2.75, 3.05) is 10.6 Å². The van der Waals surface area contributed by atoms with Crippen LogP contribution < -0.4 is 26.6 Å². The summed E-state index contributed by atoms with van der Waals surface area (Å²) in [5, 5.41) is 15.4. The number of fused-ring (bicyclic) bond motifs is 1. The zero-order chi connectivity index (χ0) is 22.1. The average molecular weight is 442 g/mol. The van der Waals surface area contributed by atoms with E-state index < -0.39 is 24.3 Å². The van der Waals surface area contributed by atoms with Crippen LogP contribution in [0.4, 0.5) is 11.4 Å². The van der Waals surface area contributed by atoms with E-state index in [1.54, 1.807) is 24.3 Å². The zero-order valence-electron chi connectivity index (χ0n) is 17.2. The number of anilines is 2. The summed E-state index contributed by atoms with van der Waals surface area (Å²) in [6.07, 6.45) is -1.34. The maximum Gasteiger partial charge on any atom is 0.229 e. The minimum absolute atomic E-state index is 0.0533. The van der Waals surface area contributed by atoms with Crippen molar-refractivity contribution in [1.29, 1.82) is 0 Å². The van der Waals surface area contributed by atoms with E-state index in [4.69, 9.17) is 11.6 Å². The number of carbonyl (C=O) groups excluding carboxylic acids is 3. The number of hydrogen-bond donors (Lipinski definition) is 5. The Morgan fingerprint density at radius 3 is 2.52 bits per heavy atom. The lowest BCUT2D eigenvalue weighted by atomic mass is 9.81. The van der Waals surface area contributed by atoms with Crippen molar-refractivity contribution in [3.63, 3.8) is 0 Å². The molecule has 2 aliphatic heterocycles. The Kier molecular flexibility index (Phi) is 5.84. The van der Waals surface area contributed by atoms with Gasteiger partial charge in [0.1, 0.15) is 0 Å². The normalized spacial score (nSPS) is 25.1. The topological polar surface area (TPSA) is 111 Å². The fraction of sp³-hybridized carbons (Fsp3) is 0.318. The fourth-order valence-corrected chi connectivity index (χ4v) is 4.17. The molecule has 162 valence electrons. The second-order valence-electron chi connectivity index (χ2n) is 7.95. The molecule has 5 N–H and O–H groups in total. The molecule has 8 nitrogen and oxygen atoms in total. The van der Waals surface area contributed by atoms with Crippen molar-refractivity contribution in [2.45, 2.75) is 32.7 Å². The van der Waals surface area contributed by atoms with Gasteiger partial charge < -0.3 is 21.3 Å². The van der Waals surface area contributed by atoms with Crippen LogP contribution in [0.25, 0.3) is 0 Å². The van der Waals surface area contributed by atoms with Crippen LogP contribution in [-0.2, 0) is 14.4 Å². The smallest absolute Gasteiger partial charge is 0.229 e. The maximum absolute atomic E-state index is 13.0. The third kappa shape index (κ3) is 4.65. The Balaban J connectivity index is 1.48. The first kappa shape index (κ1) is 21.1. The Bertz CT molecular complexity index is 1030. The Hall–Kier alpha value is -3.10. The molecular weight excluding hydrogens is 418 g/mol. The molecule has 4 atom stereocenters. The second kappa shape index (κ2) is 8.56. The van der Waals surface area contributed by atoms with Crippen LogP contribution in [0.3, 0.4) is 0 Å². The van der Waals surface area contributed by atoms with Gasteiger partial charge in [0.15, 0.2) is 6.29 Å². The standard InChI is InChI=1S/C22H24ClN5O3/c1-11-3-8-16(12(2)9-11)25-20(30)15-10-17(29)26-19-18(15)21(31)28-22(27-19)24-14-6-4-13(23)5-7-14/h3-9,15,18-19,22,24,27H,10H2,1-2H3,(H,25,30)(H,26,29)(H,28,31). The lowest BCUT2D eigenvalue weighted by Crippen LogP contribution is -2.72. The third-order valence-electron chi connectivity index (χ3n) is 5.58. The van der Waals surface area contributed by atoms with Gasteiger partial charge in [-0.05, 0) is 49.7 Å². The van der Waals surface area contributed by atoms with E-state index in [0.717, 1.165) is 16.8 Å². The lowest BCUT2D eigenvalue weighted by Gasteiger charge is -2.43. The SMILES string of the molecule is Cc1ccc(NC(=O)C2CC(=O)NC3NC(Nc4ccc(Cl)cc4)NC(=O)C32)c(C)c1. The van der Waals surface area contributed by atoms with E-state index in [0.29, 0.717) is 10.7 Å². The van der Waals surface area contributed by atoms with Crippen LogP contribution in [0, 0.1) is 25.7 Å². The van der Waals surface area contributed by atoms with Crippen molar-refractivity contribution in [3.05, 3.63) is 58.6 Å². The molecule has 0 saturated carbocycles. The summed E-state index contributed by atoms with van der Waals surface area (Å²) in [4.78, 5) is 38.3. The lowest BCUT2D eigenvalue weighted by molar-refractivity contribution is -0.144. The number of piperidine rings is 1. The number of benzene rings is 2. The first-order chi connectivity index (χ1) is 14.8. The molecule has 2 saturated heterocycles. The number of rotatable bonds is 4. The molecule has 2 aliphatic rings. The molecule has 2 aromatic carbocycles. The minimum Gasteiger partial charge on any atom is -0.353 e. The molecule has 0 spiro atoms. The summed E-state index contributed by atoms with van der Waals surface area (Å²) in [6, 6.07) is 12.7. The average Bonchev–Trinajstić information content (AvgIpc) is 2.71. The van der Waals surface area contributed by atoms with Crippen molar-refractivity contribution < 1.29 is 14.4 Å². The summed E-state index contributed by atoms with van der Waals surface area (Å²) in [5.74, 6) is -2.46. The highest BCUT2D eigenvalue weighted by Gasteiger charge is 2.48. The van der Waals surface area contributed by atoms with Gasteiger partial charge in [0.25, 0.3) is 0 Å². The summed E-state index contributed by atoms with van der Waals surface area (Å²) >= 11 is 5.91. The molecule has 31 heavy (non-hydrogen) atoms. The van der Waals surface area contributed by atoms with E-state index >= 15 is 0 Å². The van der Waals surface area contributed by atoms with Gasteiger partial charge in [0.2, 0.25) is 17.7 Å². The van der Waals surface area contributed by atoms with Crippen LogP contribution in [0.1, 0.15) is 17.5 Å². The van der Waals surface area contributed by atoms with E-state index in [1.807, 2.05) is 32.0 Å². The Labute approximate surface area is 185 Å². The van der Waals surface area contributed by atoms with Gasteiger partial charge >= 0.3 is 0 Å². The number of hydrogen-bond acceptors (Lipinski definition) is 5. The predicted molar refractivity (Wildman–Crippen MR) is 118 cm³/mol. The monoisotopic (exact) mass is 441 g/mol. The van der Waals surface area contributed by atoms with Crippen LogP contribution in [0.2, 0.25) is 5.02 Å². The second-order valence-corrected chi connectivity index (χ2v) is 8.39. The summed E-state index contributed by atoms with van der Waals surface area (Å²) in [6.45, 7) is 3.88. The largest absolute Gasteiger partial charge is 0.353 e. The van der Waals surface area contributed by atoms with E-state index in [1.165, 1.54) is 0 Å². The van der Waals surface area contributed by atoms with Crippen molar-refractivity contribution in [1.82, 2.24) is 16.0 Å². The van der Waals surface area contributed by atoms with E-state index in [9.17, 15) is 14.4 Å². The summed E-state index contributed by atoms with van der Waals surface area (Å²) in [5.41, 5.74) is 3.42. The van der Waals surface area contributed by atoms with Gasteiger partial charge in [-0.2, -0.15) is 0 Å². The molecule has 4 rings (SSSR count). The molecule has 4 unspecified atom stereocenters. The number of amides is 3. The summed E-state index contributed by atoms with van der Waals surface area (Å²) in [7, 11) is 0. The van der Waals surface area contributed by atoms with E-state index in [-0.39, 0.29) is 24.1 Å².